The average molecular weight is 277 g/mol. The van der Waals surface area contributed by atoms with Gasteiger partial charge in [0, 0.05) is 26.2 Å². The molecular weight excluding hydrogens is 254 g/mol. The van der Waals surface area contributed by atoms with Gasteiger partial charge in [0.1, 0.15) is 0 Å². The highest BCUT2D eigenvalue weighted by atomic mass is 16.1. The topological polar surface area (TPSA) is 60.3 Å². The van der Waals surface area contributed by atoms with E-state index in [0.717, 1.165) is 18.7 Å². The van der Waals surface area contributed by atoms with Gasteiger partial charge in [-0.2, -0.15) is 0 Å². The van der Waals surface area contributed by atoms with Crippen molar-refractivity contribution in [1.29, 1.82) is 0 Å². The molecule has 0 saturated heterocycles. The molecule has 1 amide bonds. The Bertz CT molecular complexity index is 439. The molecule has 0 spiro atoms. The zero-order valence-corrected chi connectivity index (χ0v) is 12.6. The summed E-state index contributed by atoms with van der Waals surface area (Å²) in [6, 6.07) is 7.07. The van der Waals surface area contributed by atoms with E-state index < -0.39 is 0 Å². The minimum atomic E-state index is -0.0557. The molecule has 0 heterocycles. The second kappa shape index (κ2) is 8.27. The third kappa shape index (κ3) is 6.29. The third-order valence-corrected chi connectivity index (χ3v) is 2.54. The van der Waals surface area contributed by atoms with Crippen LogP contribution < -0.4 is 5.32 Å². The Morgan fingerprint density at radius 2 is 1.80 bits per heavy atom. The molecule has 0 atom stereocenters. The summed E-state index contributed by atoms with van der Waals surface area (Å²) in [7, 11) is 7.64. The quantitative estimate of drug-likeness (QED) is 0.470. The van der Waals surface area contributed by atoms with Gasteiger partial charge in [-0.1, -0.05) is 5.22 Å². The van der Waals surface area contributed by atoms with Crippen molar-refractivity contribution in [2.75, 3.05) is 41.3 Å². The number of benzene rings is 1. The average Bonchev–Trinajstić information content (AvgIpc) is 2.41. The highest BCUT2D eigenvalue weighted by molar-refractivity contribution is 5.94. The van der Waals surface area contributed by atoms with Crippen molar-refractivity contribution < 1.29 is 4.79 Å². The van der Waals surface area contributed by atoms with E-state index in [2.05, 4.69) is 20.6 Å². The van der Waals surface area contributed by atoms with Gasteiger partial charge in [0.25, 0.3) is 5.91 Å². The fraction of sp³-hybridized carbons (Fsp3) is 0.500. The van der Waals surface area contributed by atoms with Crippen molar-refractivity contribution in [2.24, 2.45) is 10.3 Å². The van der Waals surface area contributed by atoms with Gasteiger partial charge in [-0.3, -0.25) is 9.80 Å². The predicted molar refractivity (Wildman–Crippen MR) is 80.1 cm³/mol. The van der Waals surface area contributed by atoms with Crippen molar-refractivity contribution in [3.63, 3.8) is 0 Å². The van der Waals surface area contributed by atoms with Crippen molar-refractivity contribution >= 4 is 11.6 Å². The van der Waals surface area contributed by atoms with Gasteiger partial charge in [-0.15, -0.1) is 5.11 Å². The number of nitrogens with one attached hydrogen (secondary N) is 1. The number of carbonyl (C=O) groups excluding carboxylic acids is 1. The summed E-state index contributed by atoms with van der Waals surface area (Å²) in [5.41, 5.74) is 1.36. The largest absolute Gasteiger partial charge is 0.352 e. The lowest BCUT2D eigenvalue weighted by Gasteiger charge is -2.09. The maximum Gasteiger partial charge on any atom is 0.251 e. The predicted octanol–water partition coefficient (Wildman–Crippen LogP) is 1.93. The lowest BCUT2D eigenvalue weighted by molar-refractivity contribution is 0.0952. The van der Waals surface area contributed by atoms with Crippen molar-refractivity contribution in [1.82, 2.24) is 15.2 Å². The third-order valence-electron chi connectivity index (χ3n) is 2.54. The Morgan fingerprint density at radius 1 is 1.15 bits per heavy atom. The first-order chi connectivity index (χ1) is 9.49. The standard InChI is InChI=1S/C14H23N5O/c1-18(2)11-5-10-15-14(20)12-6-8-13(9-7-12)16-17-19(3)4/h6-9H,5,10-11H2,1-4H3,(H,15,20). The van der Waals surface area contributed by atoms with Gasteiger partial charge in [-0.05, 0) is 51.3 Å². The van der Waals surface area contributed by atoms with E-state index in [4.69, 9.17) is 0 Å². The van der Waals surface area contributed by atoms with Crippen LogP contribution in [0.5, 0.6) is 0 Å². The normalized spacial score (nSPS) is 11.1. The molecule has 0 aromatic heterocycles. The number of amides is 1. The van der Waals surface area contributed by atoms with Gasteiger partial charge in [0.05, 0.1) is 5.69 Å². The van der Waals surface area contributed by atoms with Crippen molar-refractivity contribution in [2.45, 2.75) is 6.42 Å². The van der Waals surface area contributed by atoms with E-state index >= 15 is 0 Å². The molecule has 6 heteroatoms. The first kappa shape index (κ1) is 16.1. The lowest BCUT2D eigenvalue weighted by atomic mass is 10.2. The van der Waals surface area contributed by atoms with Crippen LogP contribution in [0.3, 0.4) is 0 Å². The molecule has 1 aromatic rings. The summed E-state index contributed by atoms with van der Waals surface area (Å²) in [5.74, 6) is -0.0557. The number of carbonyl (C=O) groups is 1. The SMILES string of the molecule is CN(C)CCCNC(=O)c1ccc(N=NN(C)C)cc1. The van der Waals surface area contributed by atoms with Crippen molar-refractivity contribution in [3.8, 4) is 0 Å². The lowest BCUT2D eigenvalue weighted by Crippen LogP contribution is -2.27. The summed E-state index contributed by atoms with van der Waals surface area (Å²) in [6.07, 6.45) is 0.938. The zero-order chi connectivity index (χ0) is 15.0. The Balaban J connectivity index is 2.45. The molecule has 0 aliphatic rings. The van der Waals surface area contributed by atoms with Gasteiger partial charge < -0.3 is 10.2 Å². The maximum absolute atomic E-state index is 11.9. The minimum absolute atomic E-state index is 0.0557. The number of rotatable bonds is 7. The fourth-order valence-corrected chi connectivity index (χ4v) is 1.52. The number of nitrogens with zero attached hydrogens (tertiary/aromatic N) is 4. The van der Waals surface area contributed by atoms with Gasteiger partial charge in [0.15, 0.2) is 0 Å². The molecule has 110 valence electrons. The molecule has 1 aromatic carbocycles. The molecule has 6 nitrogen and oxygen atoms in total. The Kier molecular flexibility index (Phi) is 6.66. The molecule has 0 saturated carbocycles. The summed E-state index contributed by atoms with van der Waals surface area (Å²) >= 11 is 0. The zero-order valence-electron chi connectivity index (χ0n) is 12.6. The van der Waals surface area contributed by atoms with E-state index in [9.17, 15) is 4.79 Å². The molecule has 1 rings (SSSR count). The first-order valence-electron chi connectivity index (χ1n) is 6.61. The molecular formula is C14H23N5O. The summed E-state index contributed by atoms with van der Waals surface area (Å²) < 4.78 is 0. The van der Waals surface area contributed by atoms with Crippen LogP contribution in [0.15, 0.2) is 34.6 Å². The van der Waals surface area contributed by atoms with Crippen LogP contribution in [0.2, 0.25) is 0 Å². The Morgan fingerprint density at radius 3 is 2.35 bits per heavy atom. The molecule has 0 aliphatic carbocycles. The van der Waals surface area contributed by atoms with E-state index in [1.165, 1.54) is 0 Å². The van der Waals surface area contributed by atoms with Gasteiger partial charge in [0.2, 0.25) is 0 Å². The van der Waals surface area contributed by atoms with Gasteiger partial charge >= 0.3 is 0 Å². The minimum Gasteiger partial charge on any atom is -0.352 e. The molecule has 0 radical (unpaired) electrons. The smallest absolute Gasteiger partial charge is 0.251 e. The fourth-order valence-electron chi connectivity index (χ4n) is 1.52. The molecule has 0 aliphatic heterocycles. The maximum atomic E-state index is 11.9. The molecule has 20 heavy (non-hydrogen) atoms. The highest BCUT2D eigenvalue weighted by Gasteiger charge is 2.04. The van der Waals surface area contributed by atoms with Crippen LogP contribution in [-0.2, 0) is 0 Å². The second-order valence-electron chi connectivity index (χ2n) is 5.00. The van der Waals surface area contributed by atoms with Gasteiger partial charge in [-0.25, -0.2) is 0 Å². The Labute approximate surface area is 120 Å². The first-order valence-corrected chi connectivity index (χ1v) is 6.61. The molecule has 1 N–H and O–H groups in total. The molecule has 0 bridgehead atoms. The summed E-state index contributed by atoms with van der Waals surface area (Å²) in [6.45, 7) is 1.64. The van der Waals surface area contributed by atoms with Crippen LogP contribution in [0.4, 0.5) is 5.69 Å². The summed E-state index contributed by atoms with van der Waals surface area (Å²) in [5, 5.41) is 12.4. The number of hydrogen-bond donors (Lipinski definition) is 1. The number of hydrogen-bond acceptors (Lipinski definition) is 4. The molecule has 0 unspecified atom stereocenters. The van der Waals surface area contributed by atoms with E-state index in [-0.39, 0.29) is 5.91 Å². The van der Waals surface area contributed by atoms with Crippen LogP contribution in [0, 0.1) is 0 Å². The van der Waals surface area contributed by atoms with Crippen LogP contribution in [0.25, 0.3) is 0 Å². The molecule has 0 fully saturated rings. The van der Waals surface area contributed by atoms with Crippen LogP contribution in [-0.4, -0.2) is 57.1 Å². The van der Waals surface area contributed by atoms with E-state index in [1.807, 2.05) is 14.1 Å². The Hall–Kier alpha value is -1.95. The summed E-state index contributed by atoms with van der Waals surface area (Å²) in [4.78, 5) is 14.0. The van der Waals surface area contributed by atoms with Crippen molar-refractivity contribution in [3.05, 3.63) is 29.8 Å². The highest BCUT2D eigenvalue weighted by Crippen LogP contribution is 2.13. The van der Waals surface area contributed by atoms with E-state index in [0.29, 0.717) is 12.1 Å². The van der Waals surface area contributed by atoms with E-state index in [1.54, 1.807) is 43.4 Å². The second-order valence-corrected chi connectivity index (χ2v) is 5.00. The van der Waals surface area contributed by atoms with Crippen LogP contribution >= 0.6 is 0 Å². The monoisotopic (exact) mass is 277 g/mol. The van der Waals surface area contributed by atoms with Crippen LogP contribution in [0.1, 0.15) is 16.8 Å².